The molecule has 0 saturated heterocycles. The molecule has 2 aromatic carbocycles. The Morgan fingerprint density at radius 3 is 2.57 bits per heavy atom. The first-order chi connectivity index (χ1) is 14.1. The number of aliphatic hydroxyl groups excluding tert-OH is 1. The molecule has 30 heavy (non-hydrogen) atoms. The Balaban J connectivity index is 1.45. The van der Waals surface area contributed by atoms with Crippen molar-refractivity contribution in [3.8, 4) is 5.75 Å². The van der Waals surface area contributed by atoms with Crippen LogP contribution in [0.1, 0.15) is 30.9 Å². The summed E-state index contributed by atoms with van der Waals surface area (Å²) in [7, 11) is 0. The normalized spacial score (nSPS) is 21.3. The van der Waals surface area contributed by atoms with Crippen molar-refractivity contribution in [1.29, 1.82) is 0 Å². The van der Waals surface area contributed by atoms with Crippen molar-refractivity contribution in [2.75, 3.05) is 5.32 Å². The van der Waals surface area contributed by atoms with Gasteiger partial charge in [-0.3, -0.25) is 4.79 Å². The van der Waals surface area contributed by atoms with E-state index in [0.29, 0.717) is 29.8 Å². The summed E-state index contributed by atoms with van der Waals surface area (Å²) in [6.07, 6.45) is -2.24. The fourth-order valence-corrected chi connectivity index (χ4v) is 3.69. The topological polar surface area (TPSA) is 74.4 Å². The molecule has 4 rings (SSSR count). The lowest BCUT2D eigenvalue weighted by Gasteiger charge is -2.40. The Bertz CT molecular complexity index is 1070. The first-order valence-electron chi connectivity index (χ1n) is 9.54. The summed E-state index contributed by atoms with van der Waals surface area (Å²) in [6.45, 7) is 1.94. The largest absolute Gasteiger partial charge is 0.489 e. The quantitative estimate of drug-likeness (QED) is 0.554. The van der Waals surface area contributed by atoms with Gasteiger partial charge < -0.3 is 20.1 Å². The van der Waals surface area contributed by atoms with Crippen LogP contribution in [-0.4, -0.2) is 22.1 Å². The standard InChI is InChI=1S/C22H21F3N2O3/c1-21(9-15(28)10-21)20(29)27-19-11-26-18-7-6-16(8-17(18)19)30-12-13-2-4-14(5-3-13)22(23,24)25/h2-8,11,15,26,28H,9-10,12H2,1H3,(H,27,29)/t15-,21-. The molecule has 0 bridgehead atoms. The summed E-state index contributed by atoms with van der Waals surface area (Å²) in [4.78, 5) is 15.6. The molecule has 5 nitrogen and oxygen atoms in total. The second kappa shape index (κ2) is 7.36. The molecule has 1 aliphatic carbocycles. The van der Waals surface area contributed by atoms with Gasteiger partial charge in [0.25, 0.3) is 0 Å². The number of nitrogens with one attached hydrogen (secondary N) is 2. The van der Waals surface area contributed by atoms with E-state index in [1.54, 1.807) is 18.3 Å². The number of rotatable bonds is 5. The number of aromatic nitrogens is 1. The molecule has 1 fully saturated rings. The molecule has 1 heterocycles. The van der Waals surface area contributed by atoms with Gasteiger partial charge in [0.1, 0.15) is 12.4 Å². The highest BCUT2D eigenvalue weighted by atomic mass is 19.4. The number of amides is 1. The van der Waals surface area contributed by atoms with Crippen LogP contribution in [0.3, 0.4) is 0 Å². The molecule has 158 valence electrons. The second-order valence-corrected chi connectivity index (χ2v) is 7.97. The summed E-state index contributed by atoms with van der Waals surface area (Å²) in [5.74, 6) is 0.382. The summed E-state index contributed by atoms with van der Waals surface area (Å²) in [5.41, 5.74) is 0.749. The van der Waals surface area contributed by atoms with E-state index in [1.807, 2.05) is 13.0 Å². The smallest absolute Gasteiger partial charge is 0.416 e. The Hall–Kier alpha value is -3.00. The maximum absolute atomic E-state index is 12.7. The summed E-state index contributed by atoms with van der Waals surface area (Å²) in [5, 5.41) is 13.2. The number of ether oxygens (including phenoxy) is 1. The van der Waals surface area contributed by atoms with Crippen molar-refractivity contribution in [2.45, 2.75) is 38.7 Å². The molecule has 3 N–H and O–H groups in total. The maximum Gasteiger partial charge on any atom is 0.416 e. The van der Waals surface area contributed by atoms with Crippen LogP contribution in [0.15, 0.2) is 48.7 Å². The monoisotopic (exact) mass is 418 g/mol. The number of carbonyl (C=O) groups excluding carboxylic acids is 1. The van der Waals surface area contributed by atoms with Gasteiger partial charge in [0.15, 0.2) is 0 Å². The van der Waals surface area contributed by atoms with Crippen LogP contribution in [-0.2, 0) is 17.6 Å². The lowest BCUT2D eigenvalue weighted by Crippen LogP contribution is -2.47. The van der Waals surface area contributed by atoms with Crippen LogP contribution in [0.2, 0.25) is 0 Å². The molecular formula is C22H21F3N2O3. The fraction of sp³-hybridized carbons (Fsp3) is 0.318. The number of carbonyl (C=O) groups is 1. The Kier molecular flexibility index (Phi) is 4.97. The van der Waals surface area contributed by atoms with Crippen LogP contribution in [0.4, 0.5) is 18.9 Å². The minimum absolute atomic E-state index is 0.117. The van der Waals surface area contributed by atoms with Crippen LogP contribution < -0.4 is 10.1 Å². The van der Waals surface area contributed by atoms with Gasteiger partial charge in [-0.05, 0) is 48.7 Å². The number of benzene rings is 2. The Labute approximate surface area is 170 Å². The predicted molar refractivity (Wildman–Crippen MR) is 106 cm³/mol. The van der Waals surface area contributed by atoms with Crippen molar-refractivity contribution < 1.29 is 27.8 Å². The van der Waals surface area contributed by atoms with Crippen LogP contribution in [0.25, 0.3) is 10.9 Å². The number of hydrogen-bond acceptors (Lipinski definition) is 3. The Morgan fingerprint density at radius 2 is 1.93 bits per heavy atom. The summed E-state index contributed by atoms with van der Waals surface area (Å²) in [6, 6.07) is 10.1. The van der Waals surface area contributed by atoms with E-state index in [2.05, 4.69) is 10.3 Å². The number of hydrogen-bond donors (Lipinski definition) is 3. The number of halogens is 3. The van der Waals surface area contributed by atoms with Crippen molar-refractivity contribution >= 4 is 22.5 Å². The maximum atomic E-state index is 12.7. The van der Waals surface area contributed by atoms with Gasteiger partial charge in [-0.2, -0.15) is 13.2 Å². The molecule has 0 spiro atoms. The number of H-pyrrole nitrogens is 1. The third-order valence-corrected chi connectivity index (χ3v) is 5.51. The number of aromatic amines is 1. The molecule has 1 aliphatic rings. The molecule has 8 heteroatoms. The molecule has 0 unspecified atom stereocenters. The van der Waals surface area contributed by atoms with E-state index >= 15 is 0 Å². The van der Waals surface area contributed by atoms with Crippen molar-refractivity contribution in [1.82, 2.24) is 4.98 Å². The molecule has 1 aromatic heterocycles. The zero-order valence-corrected chi connectivity index (χ0v) is 16.2. The van der Waals surface area contributed by atoms with E-state index in [0.717, 1.165) is 23.0 Å². The minimum Gasteiger partial charge on any atom is -0.489 e. The SMILES string of the molecule is C[C@]1(C(=O)Nc2c[nH]c3ccc(OCc4ccc(C(F)(F)F)cc4)cc23)C[C@H](O)C1. The third kappa shape index (κ3) is 4.00. The van der Waals surface area contributed by atoms with E-state index in [-0.39, 0.29) is 12.5 Å². The van der Waals surface area contributed by atoms with Gasteiger partial charge in [-0.15, -0.1) is 0 Å². The molecular weight excluding hydrogens is 397 g/mol. The van der Waals surface area contributed by atoms with Crippen LogP contribution in [0.5, 0.6) is 5.75 Å². The number of fused-ring (bicyclic) bond motifs is 1. The fourth-order valence-electron chi connectivity index (χ4n) is 3.69. The van der Waals surface area contributed by atoms with E-state index in [4.69, 9.17) is 4.74 Å². The van der Waals surface area contributed by atoms with Crippen molar-refractivity contribution in [3.63, 3.8) is 0 Å². The van der Waals surface area contributed by atoms with Gasteiger partial charge >= 0.3 is 6.18 Å². The van der Waals surface area contributed by atoms with Crippen molar-refractivity contribution in [2.24, 2.45) is 5.41 Å². The lowest BCUT2D eigenvalue weighted by atomic mass is 9.67. The number of aliphatic hydroxyl groups is 1. The average Bonchev–Trinajstić information content (AvgIpc) is 3.07. The zero-order chi connectivity index (χ0) is 21.5. The number of anilines is 1. The highest BCUT2D eigenvalue weighted by molar-refractivity contribution is 6.04. The highest BCUT2D eigenvalue weighted by Crippen LogP contribution is 2.42. The lowest BCUT2D eigenvalue weighted by molar-refractivity contribution is -0.137. The number of alkyl halides is 3. The molecule has 0 atom stereocenters. The minimum atomic E-state index is -4.37. The second-order valence-electron chi connectivity index (χ2n) is 7.97. The molecule has 1 saturated carbocycles. The van der Waals surface area contributed by atoms with Crippen LogP contribution >= 0.6 is 0 Å². The van der Waals surface area contributed by atoms with Gasteiger partial charge in [0.05, 0.1) is 22.8 Å². The first-order valence-corrected chi connectivity index (χ1v) is 9.54. The predicted octanol–water partition coefficient (Wildman–Crippen LogP) is 4.87. The first kappa shape index (κ1) is 20.3. The highest BCUT2D eigenvalue weighted by Gasteiger charge is 2.45. The summed E-state index contributed by atoms with van der Waals surface area (Å²) < 4.78 is 43.7. The molecule has 1 amide bonds. The molecule has 0 radical (unpaired) electrons. The average molecular weight is 418 g/mol. The van der Waals surface area contributed by atoms with Crippen molar-refractivity contribution in [3.05, 3.63) is 59.8 Å². The van der Waals surface area contributed by atoms with E-state index in [9.17, 15) is 23.1 Å². The van der Waals surface area contributed by atoms with E-state index < -0.39 is 23.3 Å². The zero-order valence-electron chi connectivity index (χ0n) is 16.2. The molecule has 3 aromatic rings. The van der Waals surface area contributed by atoms with E-state index in [1.165, 1.54) is 12.1 Å². The van der Waals surface area contributed by atoms with Crippen LogP contribution in [0, 0.1) is 5.41 Å². The Morgan fingerprint density at radius 1 is 1.23 bits per heavy atom. The van der Waals surface area contributed by atoms with Gasteiger partial charge in [-0.1, -0.05) is 19.1 Å². The van der Waals surface area contributed by atoms with Gasteiger partial charge in [0, 0.05) is 17.1 Å². The summed E-state index contributed by atoms with van der Waals surface area (Å²) >= 11 is 0. The van der Waals surface area contributed by atoms with Gasteiger partial charge in [0.2, 0.25) is 5.91 Å². The van der Waals surface area contributed by atoms with Gasteiger partial charge in [-0.25, -0.2) is 0 Å². The third-order valence-electron chi connectivity index (χ3n) is 5.51. The molecule has 0 aliphatic heterocycles.